The van der Waals surface area contributed by atoms with Crippen LogP contribution in [0.15, 0.2) is 54.6 Å². The molecular weight excluding hydrogens is 362 g/mol. The Kier molecular flexibility index (Phi) is 6.76. The minimum atomic E-state index is -0.829. The Bertz CT molecular complexity index is 764. The number of rotatable bonds is 10. The molecule has 27 heavy (non-hydrogen) atoms. The lowest BCUT2D eigenvalue weighted by molar-refractivity contribution is -0.133. The van der Waals surface area contributed by atoms with Gasteiger partial charge in [-0.25, -0.2) is 0 Å². The molecule has 2 N–H and O–H groups in total. The molecule has 0 radical (unpaired) electrons. The Balaban J connectivity index is 1.39. The second-order valence-corrected chi connectivity index (χ2v) is 7.63. The lowest BCUT2D eigenvalue weighted by Gasteiger charge is -2.08. The Morgan fingerprint density at radius 2 is 1.85 bits per heavy atom. The molecule has 1 fully saturated rings. The maximum absolute atomic E-state index is 12.2. The summed E-state index contributed by atoms with van der Waals surface area (Å²) in [5.74, 6) is 1.01. The summed E-state index contributed by atoms with van der Waals surface area (Å²) in [7, 11) is 0. The van der Waals surface area contributed by atoms with Crippen LogP contribution in [0.5, 0.6) is 5.75 Å². The minimum Gasteiger partial charge on any atom is -0.489 e. The van der Waals surface area contributed by atoms with Gasteiger partial charge in [-0.2, -0.15) is 0 Å². The molecule has 2 aromatic rings. The number of carbonyl (C=O) groups is 2. The van der Waals surface area contributed by atoms with Crippen molar-refractivity contribution in [3.63, 3.8) is 0 Å². The van der Waals surface area contributed by atoms with Crippen LogP contribution >= 0.6 is 11.8 Å². The van der Waals surface area contributed by atoms with Crippen LogP contribution in [0.1, 0.15) is 23.5 Å². The molecule has 2 unspecified atom stereocenters. The number of benzene rings is 2. The van der Waals surface area contributed by atoms with Crippen molar-refractivity contribution >= 4 is 23.6 Å². The molecule has 0 saturated heterocycles. The molecule has 2 atom stereocenters. The van der Waals surface area contributed by atoms with Crippen LogP contribution in [0.3, 0.4) is 0 Å². The summed E-state index contributed by atoms with van der Waals surface area (Å²) in [5, 5.41) is 11.5. The first-order chi connectivity index (χ1) is 13.1. The zero-order valence-electron chi connectivity index (χ0n) is 15.0. The molecule has 0 bridgehead atoms. The number of thioether (sulfide) groups is 1. The number of hydrogen-bond acceptors (Lipinski definition) is 4. The highest BCUT2D eigenvalue weighted by Gasteiger charge is 2.43. The first-order valence-corrected chi connectivity index (χ1v) is 10.1. The van der Waals surface area contributed by atoms with Gasteiger partial charge in [-0.3, -0.25) is 9.59 Å². The average molecular weight is 385 g/mol. The molecule has 2 aromatic carbocycles. The number of aliphatic carboxylic acids is 1. The van der Waals surface area contributed by atoms with Gasteiger partial charge in [-0.1, -0.05) is 42.5 Å². The van der Waals surface area contributed by atoms with Crippen molar-refractivity contribution in [1.82, 2.24) is 5.32 Å². The van der Waals surface area contributed by atoms with E-state index in [-0.39, 0.29) is 23.5 Å². The molecular formula is C21H23NO4S. The molecule has 1 saturated carbocycles. The quantitative estimate of drug-likeness (QED) is 0.614. The van der Waals surface area contributed by atoms with Gasteiger partial charge in [0, 0.05) is 18.2 Å². The number of hydrogen-bond donors (Lipinski definition) is 2. The second-order valence-electron chi connectivity index (χ2n) is 6.53. The Labute approximate surface area is 163 Å². The fourth-order valence-corrected chi connectivity index (χ4v) is 3.51. The standard InChI is InChI=1S/C21H23NO4S/c23-20(24)14-27-11-10-22-21(25)19-12-18(19)16-6-8-17(9-7-16)26-13-15-4-2-1-3-5-15/h1-9,18-19H,10-14H2,(H,22,25)(H,23,24). The summed E-state index contributed by atoms with van der Waals surface area (Å²) in [5.41, 5.74) is 2.28. The lowest BCUT2D eigenvalue weighted by Crippen LogP contribution is -2.27. The SMILES string of the molecule is O=C(O)CSCCNC(=O)C1CC1c1ccc(OCc2ccccc2)cc1. The molecule has 142 valence electrons. The van der Waals surface area contributed by atoms with Crippen LogP contribution < -0.4 is 10.1 Å². The Morgan fingerprint density at radius 3 is 2.56 bits per heavy atom. The zero-order chi connectivity index (χ0) is 19.1. The molecule has 1 aliphatic carbocycles. The van der Waals surface area contributed by atoms with Gasteiger partial charge in [0.15, 0.2) is 0 Å². The smallest absolute Gasteiger partial charge is 0.313 e. The molecule has 1 amide bonds. The van der Waals surface area contributed by atoms with Crippen LogP contribution in [0.2, 0.25) is 0 Å². The van der Waals surface area contributed by atoms with Gasteiger partial charge in [-0.15, -0.1) is 11.8 Å². The highest BCUT2D eigenvalue weighted by atomic mass is 32.2. The van der Waals surface area contributed by atoms with E-state index in [4.69, 9.17) is 9.84 Å². The van der Waals surface area contributed by atoms with E-state index < -0.39 is 5.97 Å². The zero-order valence-corrected chi connectivity index (χ0v) is 15.8. The predicted octanol–water partition coefficient (Wildman–Crippen LogP) is 3.30. The highest BCUT2D eigenvalue weighted by Crippen LogP contribution is 2.47. The Morgan fingerprint density at radius 1 is 1.11 bits per heavy atom. The number of carboxylic acid groups (broad SMARTS) is 1. The summed E-state index contributed by atoms with van der Waals surface area (Å²) in [6, 6.07) is 18.0. The average Bonchev–Trinajstić information content (AvgIpc) is 3.48. The van der Waals surface area contributed by atoms with Crippen molar-refractivity contribution in [2.24, 2.45) is 5.92 Å². The number of ether oxygens (including phenoxy) is 1. The molecule has 0 aromatic heterocycles. The van der Waals surface area contributed by atoms with Gasteiger partial charge in [0.25, 0.3) is 0 Å². The first kappa shape index (κ1) is 19.3. The van der Waals surface area contributed by atoms with E-state index in [1.807, 2.05) is 54.6 Å². The van der Waals surface area contributed by atoms with Gasteiger partial charge in [-0.05, 0) is 35.6 Å². The van der Waals surface area contributed by atoms with E-state index in [0.717, 1.165) is 23.3 Å². The van der Waals surface area contributed by atoms with Crippen LogP contribution in [-0.4, -0.2) is 35.0 Å². The van der Waals surface area contributed by atoms with Gasteiger partial charge < -0.3 is 15.2 Å². The number of carbonyl (C=O) groups excluding carboxylic acids is 1. The summed E-state index contributed by atoms with van der Waals surface area (Å²) < 4.78 is 5.79. The molecule has 0 aliphatic heterocycles. The van der Waals surface area contributed by atoms with Crippen molar-refractivity contribution in [2.45, 2.75) is 18.9 Å². The first-order valence-electron chi connectivity index (χ1n) is 8.97. The van der Waals surface area contributed by atoms with Gasteiger partial charge in [0.2, 0.25) is 5.91 Å². The predicted molar refractivity (Wildman–Crippen MR) is 106 cm³/mol. The lowest BCUT2D eigenvalue weighted by atomic mass is 10.1. The van der Waals surface area contributed by atoms with E-state index in [1.165, 1.54) is 11.8 Å². The van der Waals surface area contributed by atoms with E-state index in [2.05, 4.69) is 5.32 Å². The van der Waals surface area contributed by atoms with Crippen molar-refractivity contribution in [3.8, 4) is 5.75 Å². The Hall–Kier alpha value is -2.47. The molecule has 1 aliphatic rings. The summed E-state index contributed by atoms with van der Waals surface area (Å²) in [4.78, 5) is 22.6. The van der Waals surface area contributed by atoms with Crippen LogP contribution in [0, 0.1) is 5.92 Å². The van der Waals surface area contributed by atoms with E-state index in [9.17, 15) is 9.59 Å². The van der Waals surface area contributed by atoms with Crippen molar-refractivity contribution in [2.75, 3.05) is 18.1 Å². The van der Waals surface area contributed by atoms with E-state index in [1.54, 1.807) is 0 Å². The van der Waals surface area contributed by atoms with E-state index in [0.29, 0.717) is 18.9 Å². The normalized spacial score (nSPS) is 17.9. The maximum atomic E-state index is 12.2. The molecule has 3 rings (SSSR count). The van der Waals surface area contributed by atoms with Gasteiger partial charge >= 0.3 is 5.97 Å². The maximum Gasteiger partial charge on any atom is 0.313 e. The molecule has 5 nitrogen and oxygen atoms in total. The third kappa shape index (κ3) is 6.03. The topological polar surface area (TPSA) is 75.6 Å². The van der Waals surface area contributed by atoms with Crippen molar-refractivity contribution in [1.29, 1.82) is 0 Å². The fraction of sp³-hybridized carbons (Fsp3) is 0.333. The highest BCUT2D eigenvalue weighted by molar-refractivity contribution is 7.99. The van der Waals surface area contributed by atoms with E-state index >= 15 is 0 Å². The minimum absolute atomic E-state index is 0.0190. The summed E-state index contributed by atoms with van der Waals surface area (Å²) >= 11 is 1.31. The third-order valence-corrected chi connectivity index (χ3v) is 5.40. The number of amides is 1. The number of nitrogens with one attached hydrogen (secondary N) is 1. The summed E-state index contributed by atoms with van der Waals surface area (Å²) in [6.07, 6.45) is 0.859. The van der Waals surface area contributed by atoms with Crippen LogP contribution in [-0.2, 0) is 16.2 Å². The third-order valence-electron chi connectivity index (χ3n) is 4.45. The summed E-state index contributed by atoms with van der Waals surface area (Å²) in [6.45, 7) is 1.04. The molecule has 0 heterocycles. The monoisotopic (exact) mass is 385 g/mol. The van der Waals surface area contributed by atoms with Crippen LogP contribution in [0.4, 0.5) is 0 Å². The number of carboxylic acids is 1. The van der Waals surface area contributed by atoms with Gasteiger partial charge in [0.05, 0.1) is 5.75 Å². The van der Waals surface area contributed by atoms with Gasteiger partial charge in [0.1, 0.15) is 12.4 Å². The largest absolute Gasteiger partial charge is 0.489 e. The second kappa shape index (κ2) is 9.46. The molecule has 0 spiro atoms. The van der Waals surface area contributed by atoms with Crippen LogP contribution in [0.25, 0.3) is 0 Å². The fourth-order valence-electron chi connectivity index (χ4n) is 2.94. The van der Waals surface area contributed by atoms with Crippen molar-refractivity contribution in [3.05, 3.63) is 65.7 Å². The van der Waals surface area contributed by atoms with Crippen molar-refractivity contribution < 1.29 is 19.4 Å². The molecule has 6 heteroatoms.